The van der Waals surface area contributed by atoms with Crippen LogP contribution in [0.1, 0.15) is 5.56 Å². The third kappa shape index (κ3) is 5.44. The Morgan fingerprint density at radius 2 is 2.14 bits per heavy atom. The number of amides is 1. The second kappa shape index (κ2) is 10.3. The van der Waals surface area contributed by atoms with Crippen molar-refractivity contribution >= 4 is 51.9 Å². The zero-order valence-electron chi connectivity index (χ0n) is 16.0. The van der Waals surface area contributed by atoms with Crippen LogP contribution in [0, 0.1) is 12.3 Å². The summed E-state index contributed by atoms with van der Waals surface area (Å²) >= 11 is 13.0. The average Bonchev–Trinajstić information content (AvgIpc) is 2.98. The van der Waals surface area contributed by atoms with Crippen LogP contribution < -0.4 is 9.47 Å². The summed E-state index contributed by atoms with van der Waals surface area (Å²) in [6.45, 7) is 4.60. The molecule has 1 aromatic rings. The lowest BCUT2D eigenvalue weighted by atomic mass is 10.1. The molecule has 0 N–H and O–H groups in total. The molecule has 1 amide bonds. The molecule has 0 bridgehead atoms. The van der Waals surface area contributed by atoms with E-state index in [4.69, 9.17) is 44.5 Å². The van der Waals surface area contributed by atoms with Crippen LogP contribution in [0.2, 0.25) is 5.02 Å². The van der Waals surface area contributed by atoms with Gasteiger partial charge in [-0.2, -0.15) is 0 Å². The van der Waals surface area contributed by atoms with E-state index in [9.17, 15) is 4.79 Å². The molecule has 6 nitrogen and oxygen atoms in total. The number of methoxy groups -OCH3 is 1. The van der Waals surface area contributed by atoms with Crippen molar-refractivity contribution in [1.82, 2.24) is 9.80 Å². The van der Waals surface area contributed by atoms with Gasteiger partial charge in [-0.15, -0.1) is 6.42 Å². The summed E-state index contributed by atoms with van der Waals surface area (Å²) in [5, 5.41) is 0.355. The highest BCUT2D eigenvalue weighted by atomic mass is 35.5. The molecule has 0 unspecified atom stereocenters. The van der Waals surface area contributed by atoms with Crippen molar-refractivity contribution in [3.63, 3.8) is 0 Å². The third-order valence-corrected chi connectivity index (χ3v) is 6.13. The van der Waals surface area contributed by atoms with Crippen LogP contribution in [0.3, 0.4) is 0 Å². The summed E-state index contributed by atoms with van der Waals surface area (Å²) in [6.07, 6.45) is 6.99. The van der Waals surface area contributed by atoms with Crippen LogP contribution >= 0.6 is 35.6 Å². The predicted molar refractivity (Wildman–Crippen MR) is 119 cm³/mol. The van der Waals surface area contributed by atoms with Crippen LogP contribution in [0.5, 0.6) is 11.5 Å². The van der Waals surface area contributed by atoms with Gasteiger partial charge in [0.2, 0.25) is 0 Å². The highest BCUT2D eigenvalue weighted by Crippen LogP contribution is 2.39. The van der Waals surface area contributed by atoms with Gasteiger partial charge < -0.3 is 14.2 Å². The lowest BCUT2D eigenvalue weighted by Crippen LogP contribution is -2.42. The van der Waals surface area contributed by atoms with E-state index in [1.54, 1.807) is 23.1 Å². The second-order valence-corrected chi connectivity index (χ2v) is 8.40. The predicted octanol–water partition coefficient (Wildman–Crippen LogP) is 2.89. The monoisotopic (exact) mass is 452 g/mol. The Hall–Kier alpha value is -1.76. The molecule has 9 heteroatoms. The largest absolute Gasteiger partial charge is 0.493 e. The molecule has 2 aliphatic heterocycles. The van der Waals surface area contributed by atoms with Crippen molar-refractivity contribution in [3.8, 4) is 23.8 Å². The molecule has 0 radical (unpaired) electrons. The Labute approximate surface area is 185 Å². The van der Waals surface area contributed by atoms with Gasteiger partial charge in [0, 0.05) is 26.2 Å². The van der Waals surface area contributed by atoms with E-state index in [0.717, 1.165) is 32.8 Å². The van der Waals surface area contributed by atoms with Gasteiger partial charge in [0.1, 0.15) is 10.9 Å². The summed E-state index contributed by atoms with van der Waals surface area (Å²) in [4.78, 5) is 17.3. The molecular weight excluding hydrogens is 432 g/mol. The van der Waals surface area contributed by atoms with Gasteiger partial charge in [-0.3, -0.25) is 14.6 Å². The van der Waals surface area contributed by atoms with Crippen molar-refractivity contribution < 1.29 is 19.0 Å². The van der Waals surface area contributed by atoms with Crippen molar-refractivity contribution in [3.05, 3.63) is 27.6 Å². The maximum absolute atomic E-state index is 12.8. The lowest BCUT2D eigenvalue weighted by Gasteiger charge is -2.28. The fourth-order valence-corrected chi connectivity index (χ4v) is 4.57. The molecule has 2 saturated heterocycles. The molecule has 2 aliphatic rings. The quantitative estimate of drug-likeness (QED) is 0.358. The number of hydrogen-bond acceptors (Lipinski definition) is 7. The normalized spacial score (nSPS) is 18.9. The van der Waals surface area contributed by atoms with Crippen LogP contribution in [0.25, 0.3) is 6.08 Å². The molecule has 0 atom stereocenters. The number of ether oxygens (including phenoxy) is 3. The van der Waals surface area contributed by atoms with Gasteiger partial charge >= 0.3 is 0 Å². The minimum atomic E-state index is -0.101. The van der Waals surface area contributed by atoms with Crippen LogP contribution in [0.15, 0.2) is 17.0 Å². The van der Waals surface area contributed by atoms with E-state index < -0.39 is 0 Å². The molecule has 3 rings (SSSR count). The van der Waals surface area contributed by atoms with Gasteiger partial charge in [0.15, 0.2) is 11.5 Å². The second-order valence-electron chi connectivity index (χ2n) is 6.31. The minimum absolute atomic E-state index is 0.0806. The van der Waals surface area contributed by atoms with E-state index in [-0.39, 0.29) is 12.5 Å². The van der Waals surface area contributed by atoms with E-state index in [1.165, 1.54) is 18.9 Å². The average molecular weight is 453 g/mol. The van der Waals surface area contributed by atoms with Crippen LogP contribution in [-0.2, 0) is 9.53 Å². The number of thioether (sulfide) groups is 1. The van der Waals surface area contributed by atoms with Crippen LogP contribution in [-0.4, -0.2) is 73.1 Å². The molecule has 0 saturated carbocycles. The molecule has 0 aliphatic carbocycles. The fraction of sp³-hybridized carbons (Fsp3) is 0.400. The van der Waals surface area contributed by atoms with Gasteiger partial charge in [-0.25, -0.2) is 0 Å². The Morgan fingerprint density at radius 3 is 2.83 bits per heavy atom. The first-order valence-corrected chi connectivity index (χ1v) is 10.6. The molecule has 1 aromatic carbocycles. The summed E-state index contributed by atoms with van der Waals surface area (Å²) in [5.41, 5.74) is 0.716. The highest BCUT2D eigenvalue weighted by molar-refractivity contribution is 8.26. The number of rotatable bonds is 7. The standard InChI is InChI=1S/C20H21ClN2O4S2/c1-3-8-27-18-15(21)11-14(12-16(18)25-2)13-17-19(24)23(20(28)29-17)5-4-22-6-9-26-10-7-22/h1,11-13H,4-10H2,2H3/b17-13-. The molecule has 0 aromatic heterocycles. The Bertz CT molecular complexity index is 863. The first-order chi connectivity index (χ1) is 14.0. The first-order valence-electron chi connectivity index (χ1n) is 9.02. The maximum Gasteiger partial charge on any atom is 0.266 e. The van der Waals surface area contributed by atoms with Crippen molar-refractivity contribution in [2.24, 2.45) is 0 Å². The van der Waals surface area contributed by atoms with Gasteiger partial charge in [0.25, 0.3) is 5.91 Å². The number of nitrogens with zero attached hydrogens (tertiary/aromatic N) is 2. The molecule has 0 spiro atoms. The number of hydrogen-bond donors (Lipinski definition) is 0. The number of thiocarbonyl (C=S) groups is 1. The Kier molecular flexibility index (Phi) is 7.81. The summed E-state index contributed by atoms with van der Waals surface area (Å²) in [5.74, 6) is 3.11. The van der Waals surface area contributed by atoms with E-state index in [0.29, 0.717) is 37.9 Å². The SMILES string of the molecule is C#CCOc1c(Cl)cc(/C=C2\SC(=S)N(CCN3CCOCC3)C2=O)cc1OC. The van der Waals surface area contributed by atoms with Crippen molar-refractivity contribution in [1.29, 1.82) is 0 Å². The van der Waals surface area contributed by atoms with Gasteiger partial charge in [-0.1, -0.05) is 41.5 Å². The highest BCUT2D eigenvalue weighted by Gasteiger charge is 2.32. The third-order valence-electron chi connectivity index (χ3n) is 4.47. The first kappa shape index (κ1) is 21.9. The Balaban J connectivity index is 1.73. The summed E-state index contributed by atoms with van der Waals surface area (Å²) < 4.78 is 16.7. The van der Waals surface area contributed by atoms with E-state index in [2.05, 4.69) is 10.8 Å². The van der Waals surface area contributed by atoms with Gasteiger partial charge in [-0.05, 0) is 23.8 Å². The van der Waals surface area contributed by atoms with Crippen LogP contribution in [0.4, 0.5) is 0 Å². The number of benzene rings is 1. The number of terminal acetylenes is 1. The Morgan fingerprint density at radius 1 is 1.38 bits per heavy atom. The zero-order valence-corrected chi connectivity index (χ0v) is 18.4. The fourth-order valence-electron chi connectivity index (χ4n) is 2.99. The van der Waals surface area contributed by atoms with Crippen molar-refractivity contribution in [2.75, 3.05) is 53.1 Å². The lowest BCUT2D eigenvalue weighted by molar-refractivity contribution is -0.122. The molecular formula is C20H21ClN2O4S2. The van der Waals surface area contributed by atoms with Crippen molar-refractivity contribution in [2.45, 2.75) is 0 Å². The molecule has 2 fully saturated rings. The summed E-state index contributed by atoms with van der Waals surface area (Å²) in [7, 11) is 1.52. The van der Waals surface area contributed by atoms with E-state index >= 15 is 0 Å². The number of halogens is 1. The molecule has 2 heterocycles. The maximum atomic E-state index is 12.8. The minimum Gasteiger partial charge on any atom is -0.493 e. The zero-order chi connectivity index (χ0) is 20.8. The number of carbonyl (C=O) groups is 1. The topological polar surface area (TPSA) is 51.2 Å². The number of morpholine rings is 1. The smallest absolute Gasteiger partial charge is 0.266 e. The molecule has 29 heavy (non-hydrogen) atoms. The summed E-state index contributed by atoms with van der Waals surface area (Å²) in [6, 6.07) is 3.45. The van der Waals surface area contributed by atoms with Gasteiger partial charge in [0.05, 0.1) is 30.3 Å². The number of carbonyl (C=O) groups excluding carboxylic acids is 1. The molecule has 154 valence electrons. The van der Waals surface area contributed by atoms with E-state index in [1.807, 2.05) is 0 Å².